The fourth-order valence-corrected chi connectivity index (χ4v) is 4.16. The highest BCUT2D eigenvalue weighted by atomic mass is 35.5. The Morgan fingerprint density at radius 2 is 2.08 bits per heavy atom. The minimum Gasteiger partial charge on any atom is -0.336 e. The van der Waals surface area contributed by atoms with Crippen molar-refractivity contribution in [2.75, 3.05) is 6.54 Å². The molecule has 1 aliphatic rings. The van der Waals surface area contributed by atoms with Gasteiger partial charge in [0.25, 0.3) is 0 Å². The van der Waals surface area contributed by atoms with E-state index in [4.69, 9.17) is 11.6 Å². The fraction of sp³-hybridized carbons (Fsp3) is 0.353. The standard InChI is InChI=1S/C17H18ClN5OS/c1-10(2)19-16(24)22-8-7-13-14(9-22)25-17-20-15(21-23(13)17)11-3-5-12(18)6-4-11/h3-6,10H,7-9H2,1-2H3,(H,19,24). The molecule has 0 saturated heterocycles. The molecule has 0 bridgehead atoms. The van der Waals surface area contributed by atoms with E-state index in [1.54, 1.807) is 11.3 Å². The third-order valence-corrected chi connectivity index (χ3v) is 5.43. The molecule has 3 aromatic rings. The third-order valence-electron chi connectivity index (χ3n) is 4.12. The van der Waals surface area contributed by atoms with Gasteiger partial charge in [0.15, 0.2) is 5.82 Å². The molecule has 4 rings (SSSR count). The number of carbonyl (C=O) groups is 1. The first-order chi connectivity index (χ1) is 12.0. The van der Waals surface area contributed by atoms with Gasteiger partial charge in [0, 0.05) is 34.5 Å². The lowest BCUT2D eigenvalue weighted by atomic mass is 10.2. The number of fused-ring (bicyclic) bond motifs is 3. The van der Waals surface area contributed by atoms with Gasteiger partial charge < -0.3 is 10.2 Å². The maximum Gasteiger partial charge on any atom is 0.317 e. The van der Waals surface area contributed by atoms with Crippen LogP contribution in [0.3, 0.4) is 0 Å². The molecule has 25 heavy (non-hydrogen) atoms. The van der Waals surface area contributed by atoms with Crippen LogP contribution < -0.4 is 5.32 Å². The second kappa shape index (κ2) is 6.31. The van der Waals surface area contributed by atoms with Crippen LogP contribution in [0.15, 0.2) is 24.3 Å². The first kappa shape index (κ1) is 16.4. The van der Waals surface area contributed by atoms with E-state index in [1.807, 2.05) is 47.5 Å². The number of aromatic nitrogens is 3. The first-order valence-corrected chi connectivity index (χ1v) is 9.39. The number of amides is 2. The highest BCUT2D eigenvalue weighted by molar-refractivity contribution is 7.17. The van der Waals surface area contributed by atoms with Gasteiger partial charge in [0.05, 0.1) is 12.2 Å². The summed E-state index contributed by atoms with van der Waals surface area (Å²) in [6.07, 6.45) is 0.782. The number of hydrogen-bond donors (Lipinski definition) is 1. The molecule has 0 unspecified atom stereocenters. The molecule has 2 aromatic heterocycles. The SMILES string of the molecule is CC(C)NC(=O)N1CCc2c(sc3nc(-c4ccc(Cl)cc4)nn23)C1. The van der Waals surface area contributed by atoms with Crippen molar-refractivity contribution in [3.8, 4) is 11.4 Å². The van der Waals surface area contributed by atoms with Gasteiger partial charge in [0.1, 0.15) is 0 Å². The number of thiazole rings is 1. The maximum absolute atomic E-state index is 12.2. The van der Waals surface area contributed by atoms with Crippen molar-refractivity contribution < 1.29 is 4.79 Å². The van der Waals surface area contributed by atoms with E-state index < -0.39 is 0 Å². The van der Waals surface area contributed by atoms with Crippen LogP contribution in [0.4, 0.5) is 4.79 Å². The Balaban J connectivity index is 1.61. The van der Waals surface area contributed by atoms with Crippen LogP contribution in [0.25, 0.3) is 16.3 Å². The molecule has 2 amide bonds. The van der Waals surface area contributed by atoms with Gasteiger partial charge in [-0.3, -0.25) is 0 Å². The molecule has 6 nitrogen and oxygen atoms in total. The van der Waals surface area contributed by atoms with Gasteiger partial charge in [0.2, 0.25) is 4.96 Å². The summed E-state index contributed by atoms with van der Waals surface area (Å²) in [5, 5.41) is 8.30. The van der Waals surface area contributed by atoms with Gasteiger partial charge in [-0.15, -0.1) is 5.10 Å². The number of nitrogens with one attached hydrogen (secondary N) is 1. The van der Waals surface area contributed by atoms with Crippen molar-refractivity contribution in [1.29, 1.82) is 0 Å². The Morgan fingerprint density at radius 3 is 2.80 bits per heavy atom. The highest BCUT2D eigenvalue weighted by Gasteiger charge is 2.26. The van der Waals surface area contributed by atoms with Crippen LogP contribution in [0.1, 0.15) is 24.4 Å². The zero-order valence-corrected chi connectivity index (χ0v) is 15.6. The molecule has 0 atom stereocenters. The van der Waals surface area contributed by atoms with Crippen molar-refractivity contribution in [1.82, 2.24) is 24.8 Å². The minimum absolute atomic E-state index is 0.0125. The largest absolute Gasteiger partial charge is 0.336 e. The lowest BCUT2D eigenvalue weighted by molar-refractivity contribution is 0.190. The summed E-state index contributed by atoms with van der Waals surface area (Å²) in [6, 6.07) is 7.65. The predicted octanol–water partition coefficient (Wildman–Crippen LogP) is 3.59. The number of rotatable bonds is 2. The third kappa shape index (κ3) is 3.09. The smallest absolute Gasteiger partial charge is 0.317 e. The number of urea groups is 1. The Bertz CT molecular complexity index is 931. The normalized spacial score (nSPS) is 14.2. The molecule has 0 fully saturated rings. The zero-order chi connectivity index (χ0) is 17.6. The molecule has 0 spiro atoms. The van der Waals surface area contributed by atoms with Gasteiger partial charge in [-0.2, -0.15) is 4.98 Å². The number of benzene rings is 1. The Kier molecular flexibility index (Phi) is 4.13. The Hall–Kier alpha value is -2.12. The Labute approximate surface area is 154 Å². The second-order valence-corrected chi connectivity index (χ2v) is 7.88. The zero-order valence-electron chi connectivity index (χ0n) is 14.0. The van der Waals surface area contributed by atoms with Gasteiger partial charge in [-0.1, -0.05) is 22.9 Å². The van der Waals surface area contributed by atoms with Crippen molar-refractivity contribution in [2.24, 2.45) is 0 Å². The monoisotopic (exact) mass is 375 g/mol. The van der Waals surface area contributed by atoms with Crippen LogP contribution in [0.2, 0.25) is 5.02 Å². The van der Waals surface area contributed by atoms with E-state index in [9.17, 15) is 4.79 Å². The van der Waals surface area contributed by atoms with Crippen LogP contribution in [0, 0.1) is 0 Å². The number of carbonyl (C=O) groups excluding carboxylic acids is 1. The lowest BCUT2D eigenvalue weighted by Crippen LogP contribution is -2.45. The summed E-state index contributed by atoms with van der Waals surface area (Å²) in [5.74, 6) is 0.700. The average molecular weight is 376 g/mol. The van der Waals surface area contributed by atoms with Gasteiger partial charge in [-0.25, -0.2) is 9.31 Å². The number of hydrogen-bond acceptors (Lipinski definition) is 4. The quantitative estimate of drug-likeness (QED) is 0.744. The molecule has 8 heteroatoms. The van der Waals surface area contributed by atoms with Crippen LogP contribution in [0.5, 0.6) is 0 Å². The van der Waals surface area contributed by atoms with Crippen molar-refractivity contribution in [3.63, 3.8) is 0 Å². The van der Waals surface area contributed by atoms with Gasteiger partial charge >= 0.3 is 6.03 Å². The highest BCUT2D eigenvalue weighted by Crippen LogP contribution is 2.29. The summed E-state index contributed by atoms with van der Waals surface area (Å²) in [6.45, 7) is 5.23. The van der Waals surface area contributed by atoms with E-state index >= 15 is 0 Å². The van der Waals surface area contributed by atoms with Crippen LogP contribution in [-0.2, 0) is 13.0 Å². The predicted molar refractivity (Wildman–Crippen MR) is 99.1 cm³/mol. The van der Waals surface area contributed by atoms with Crippen molar-refractivity contribution >= 4 is 33.9 Å². The van der Waals surface area contributed by atoms with E-state index in [0.29, 0.717) is 23.9 Å². The summed E-state index contributed by atoms with van der Waals surface area (Å²) in [7, 11) is 0. The van der Waals surface area contributed by atoms with E-state index in [1.165, 1.54) is 0 Å². The Morgan fingerprint density at radius 1 is 1.32 bits per heavy atom. The van der Waals surface area contributed by atoms with Crippen molar-refractivity contribution in [3.05, 3.63) is 39.9 Å². The van der Waals surface area contributed by atoms with E-state index in [-0.39, 0.29) is 12.1 Å². The molecule has 0 saturated carbocycles. The van der Waals surface area contributed by atoms with Crippen molar-refractivity contribution in [2.45, 2.75) is 32.9 Å². The first-order valence-electron chi connectivity index (χ1n) is 8.20. The summed E-state index contributed by atoms with van der Waals surface area (Å²) in [4.78, 5) is 20.7. The summed E-state index contributed by atoms with van der Waals surface area (Å²) < 4.78 is 1.92. The molecule has 3 heterocycles. The van der Waals surface area contributed by atoms with E-state index in [0.717, 1.165) is 27.5 Å². The molecule has 1 aromatic carbocycles. The molecular formula is C17H18ClN5OS. The molecule has 130 valence electrons. The van der Waals surface area contributed by atoms with Crippen LogP contribution >= 0.6 is 22.9 Å². The molecule has 1 N–H and O–H groups in total. The summed E-state index contributed by atoms with van der Waals surface area (Å²) >= 11 is 7.54. The van der Waals surface area contributed by atoms with Gasteiger partial charge in [-0.05, 0) is 38.1 Å². The fourth-order valence-electron chi connectivity index (χ4n) is 2.92. The second-order valence-electron chi connectivity index (χ2n) is 6.38. The molecular weight excluding hydrogens is 358 g/mol. The number of halogens is 1. The van der Waals surface area contributed by atoms with E-state index in [2.05, 4.69) is 15.4 Å². The summed E-state index contributed by atoms with van der Waals surface area (Å²) in [5.41, 5.74) is 2.10. The topological polar surface area (TPSA) is 62.5 Å². The lowest BCUT2D eigenvalue weighted by Gasteiger charge is -2.27. The molecule has 0 radical (unpaired) electrons. The van der Waals surface area contributed by atoms with Crippen LogP contribution in [-0.4, -0.2) is 38.1 Å². The average Bonchev–Trinajstić information content (AvgIpc) is 3.12. The number of nitrogens with zero attached hydrogens (tertiary/aromatic N) is 4. The minimum atomic E-state index is -0.0125. The maximum atomic E-state index is 12.2. The molecule has 0 aliphatic carbocycles. The molecule has 1 aliphatic heterocycles.